The monoisotopic (exact) mass is 234 g/mol. The van der Waals surface area contributed by atoms with E-state index in [0.717, 1.165) is 11.8 Å². The van der Waals surface area contributed by atoms with Crippen LogP contribution in [0.5, 0.6) is 0 Å². The Labute approximate surface area is 97.3 Å². The average molecular weight is 234 g/mol. The van der Waals surface area contributed by atoms with E-state index in [1.807, 2.05) is 0 Å². The SMILES string of the molecule is Cn1nccc1CNC(=O)c1ccnc(F)c1. The number of aryl methyl sites for hydroxylation is 1. The maximum absolute atomic E-state index is 12.8. The van der Waals surface area contributed by atoms with E-state index in [-0.39, 0.29) is 11.5 Å². The Kier molecular flexibility index (Phi) is 3.13. The van der Waals surface area contributed by atoms with Crippen LogP contribution in [0.1, 0.15) is 16.1 Å². The van der Waals surface area contributed by atoms with Crippen molar-refractivity contribution in [3.05, 3.63) is 47.8 Å². The number of carbonyl (C=O) groups is 1. The van der Waals surface area contributed by atoms with Gasteiger partial charge in [0.15, 0.2) is 0 Å². The summed E-state index contributed by atoms with van der Waals surface area (Å²) in [7, 11) is 1.79. The Morgan fingerprint density at radius 2 is 2.29 bits per heavy atom. The lowest BCUT2D eigenvalue weighted by Crippen LogP contribution is -2.24. The van der Waals surface area contributed by atoms with Gasteiger partial charge in [-0.25, -0.2) is 4.98 Å². The standard InChI is InChI=1S/C11H11FN4O/c1-16-9(3-5-15-16)7-14-11(17)8-2-4-13-10(12)6-8/h2-6H,7H2,1H3,(H,14,17). The third-order valence-corrected chi connectivity index (χ3v) is 2.34. The van der Waals surface area contributed by atoms with Gasteiger partial charge in [0.05, 0.1) is 12.2 Å². The van der Waals surface area contributed by atoms with Crippen molar-refractivity contribution in [1.29, 1.82) is 0 Å². The highest BCUT2D eigenvalue weighted by molar-refractivity contribution is 5.93. The molecule has 0 fully saturated rings. The summed E-state index contributed by atoms with van der Waals surface area (Å²) in [4.78, 5) is 15.1. The Bertz CT molecular complexity index is 538. The van der Waals surface area contributed by atoms with Gasteiger partial charge in [0.1, 0.15) is 0 Å². The Morgan fingerprint density at radius 1 is 1.47 bits per heavy atom. The number of amides is 1. The summed E-state index contributed by atoms with van der Waals surface area (Å²) in [5.41, 5.74) is 1.12. The van der Waals surface area contributed by atoms with Gasteiger partial charge in [-0.05, 0) is 12.1 Å². The summed E-state index contributed by atoms with van der Waals surface area (Å²) in [6, 6.07) is 4.35. The first-order valence-corrected chi connectivity index (χ1v) is 5.03. The summed E-state index contributed by atoms with van der Waals surface area (Å²) in [5.74, 6) is -1.01. The van der Waals surface area contributed by atoms with Crippen molar-refractivity contribution < 1.29 is 9.18 Å². The van der Waals surface area contributed by atoms with Gasteiger partial charge in [-0.3, -0.25) is 9.48 Å². The van der Waals surface area contributed by atoms with E-state index in [4.69, 9.17) is 0 Å². The van der Waals surface area contributed by atoms with E-state index in [9.17, 15) is 9.18 Å². The molecule has 88 valence electrons. The second-order valence-electron chi connectivity index (χ2n) is 3.50. The molecule has 5 nitrogen and oxygen atoms in total. The molecule has 0 spiro atoms. The summed E-state index contributed by atoms with van der Waals surface area (Å²) in [6.07, 6.45) is 2.90. The molecule has 0 bridgehead atoms. The summed E-state index contributed by atoms with van der Waals surface area (Å²) >= 11 is 0. The number of aromatic nitrogens is 3. The molecule has 0 aliphatic rings. The number of halogens is 1. The second kappa shape index (κ2) is 4.73. The van der Waals surface area contributed by atoms with E-state index >= 15 is 0 Å². The quantitative estimate of drug-likeness (QED) is 0.802. The molecule has 1 amide bonds. The van der Waals surface area contributed by atoms with Crippen LogP contribution in [0.4, 0.5) is 4.39 Å². The van der Waals surface area contributed by atoms with Crippen molar-refractivity contribution >= 4 is 5.91 Å². The normalized spacial score (nSPS) is 10.2. The Morgan fingerprint density at radius 3 is 2.94 bits per heavy atom. The minimum atomic E-state index is -0.668. The molecule has 0 aliphatic heterocycles. The topological polar surface area (TPSA) is 59.8 Å². The van der Waals surface area contributed by atoms with Gasteiger partial charge in [-0.2, -0.15) is 9.49 Å². The molecule has 2 rings (SSSR count). The molecular formula is C11H11FN4O. The third-order valence-electron chi connectivity index (χ3n) is 2.34. The third kappa shape index (κ3) is 2.66. The Balaban J connectivity index is 2.01. The predicted octanol–water partition coefficient (Wildman–Crippen LogP) is 0.884. The molecule has 6 heteroatoms. The molecule has 0 aromatic carbocycles. The largest absolute Gasteiger partial charge is 0.346 e. The van der Waals surface area contributed by atoms with Crippen molar-refractivity contribution in [3.63, 3.8) is 0 Å². The van der Waals surface area contributed by atoms with Crippen LogP contribution >= 0.6 is 0 Å². The van der Waals surface area contributed by atoms with Crippen molar-refractivity contribution in [2.24, 2.45) is 7.05 Å². The van der Waals surface area contributed by atoms with E-state index < -0.39 is 5.95 Å². The molecule has 1 N–H and O–H groups in total. The van der Waals surface area contributed by atoms with Crippen LogP contribution in [0.3, 0.4) is 0 Å². The lowest BCUT2D eigenvalue weighted by molar-refractivity contribution is 0.0949. The zero-order chi connectivity index (χ0) is 12.3. The Hall–Kier alpha value is -2.24. The van der Waals surface area contributed by atoms with Crippen molar-refractivity contribution in [3.8, 4) is 0 Å². The van der Waals surface area contributed by atoms with Gasteiger partial charge < -0.3 is 5.32 Å². The fraction of sp³-hybridized carbons (Fsp3) is 0.182. The molecule has 0 unspecified atom stereocenters. The van der Waals surface area contributed by atoms with Crippen LogP contribution in [-0.4, -0.2) is 20.7 Å². The summed E-state index contributed by atoms with van der Waals surface area (Å²) < 4.78 is 14.5. The van der Waals surface area contributed by atoms with Crippen LogP contribution in [0, 0.1) is 5.95 Å². The van der Waals surface area contributed by atoms with Crippen molar-refractivity contribution in [2.45, 2.75) is 6.54 Å². The summed E-state index contributed by atoms with van der Waals surface area (Å²) in [5, 5.41) is 6.65. The molecule has 0 saturated heterocycles. The molecule has 0 radical (unpaired) electrons. The number of rotatable bonds is 3. The lowest BCUT2D eigenvalue weighted by Gasteiger charge is -2.05. The van der Waals surface area contributed by atoms with Crippen molar-refractivity contribution in [1.82, 2.24) is 20.1 Å². The average Bonchev–Trinajstić information content (AvgIpc) is 2.72. The summed E-state index contributed by atoms with van der Waals surface area (Å²) in [6.45, 7) is 0.347. The molecule has 17 heavy (non-hydrogen) atoms. The maximum atomic E-state index is 12.8. The van der Waals surface area contributed by atoms with Gasteiger partial charge in [-0.15, -0.1) is 0 Å². The zero-order valence-corrected chi connectivity index (χ0v) is 9.22. The molecule has 2 aromatic rings. The van der Waals surface area contributed by atoms with Gasteiger partial charge >= 0.3 is 0 Å². The number of hydrogen-bond donors (Lipinski definition) is 1. The highest BCUT2D eigenvalue weighted by Gasteiger charge is 2.07. The highest BCUT2D eigenvalue weighted by atomic mass is 19.1. The maximum Gasteiger partial charge on any atom is 0.251 e. The minimum absolute atomic E-state index is 0.250. The number of pyridine rings is 1. The second-order valence-corrected chi connectivity index (χ2v) is 3.50. The molecule has 2 aromatic heterocycles. The zero-order valence-electron chi connectivity index (χ0n) is 9.22. The lowest BCUT2D eigenvalue weighted by atomic mass is 10.2. The fourth-order valence-electron chi connectivity index (χ4n) is 1.39. The van der Waals surface area contributed by atoms with Gasteiger partial charge in [-0.1, -0.05) is 0 Å². The van der Waals surface area contributed by atoms with E-state index in [2.05, 4.69) is 15.4 Å². The van der Waals surface area contributed by atoms with Crippen LogP contribution < -0.4 is 5.32 Å². The van der Waals surface area contributed by atoms with Gasteiger partial charge in [0.25, 0.3) is 5.91 Å². The van der Waals surface area contributed by atoms with Gasteiger partial charge in [0.2, 0.25) is 5.95 Å². The van der Waals surface area contributed by atoms with E-state index in [0.29, 0.717) is 6.54 Å². The number of carbonyl (C=O) groups excluding carboxylic acids is 1. The molecule has 0 atom stereocenters. The molecular weight excluding hydrogens is 223 g/mol. The molecule has 2 heterocycles. The number of nitrogens with zero attached hydrogens (tertiary/aromatic N) is 3. The first-order valence-electron chi connectivity index (χ1n) is 5.03. The highest BCUT2D eigenvalue weighted by Crippen LogP contribution is 2.01. The minimum Gasteiger partial charge on any atom is -0.346 e. The molecule has 0 aliphatic carbocycles. The number of nitrogens with one attached hydrogen (secondary N) is 1. The van der Waals surface area contributed by atoms with Crippen LogP contribution in [0.25, 0.3) is 0 Å². The smallest absolute Gasteiger partial charge is 0.251 e. The fourth-order valence-corrected chi connectivity index (χ4v) is 1.39. The van der Waals surface area contributed by atoms with E-state index in [1.165, 1.54) is 12.3 Å². The number of hydrogen-bond acceptors (Lipinski definition) is 3. The van der Waals surface area contributed by atoms with Crippen LogP contribution in [-0.2, 0) is 13.6 Å². The first kappa shape index (κ1) is 11.3. The predicted molar refractivity (Wildman–Crippen MR) is 58.6 cm³/mol. The van der Waals surface area contributed by atoms with Crippen LogP contribution in [0.2, 0.25) is 0 Å². The van der Waals surface area contributed by atoms with Crippen LogP contribution in [0.15, 0.2) is 30.6 Å². The molecule has 0 saturated carbocycles. The van der Waals surface area contributed by atoms with Gasteiger partial charge in [0, 0.05) is 31.1 Å². The van der Waals surface area contributed by atoms with E-state index in [1.54, 1.807) is 24.0 Å². The van der Waals surface area contributed by atoms with Crippen molar-refractivity contribution in [2.75, 3.05) is 0 Å². The first-order chi connectivity index (χ1) is 8.16.